The molecule has 0 spiro atoms. The fraction of sp³-hybridized carbons (Fsp3) is 0.714. The van der Waals surface area contributed by atoms with E-state index in [9.17, 15) is 0 Å². The van der Waals surface area contributed by atoms with Gasteiger partial charge >= 0.3 is 26.2 Å². The Morgan fingerprint density at radius 3 is 2.12 bits per heavy atom. The van der Waals surface area contributed by atoms with E-state index in [-0.39, 0.29) is 56.4 Å². The summed E-state index contributed by atoms with van der Waals surface area (Å²) in [4.78, 5) is 0. The summed E-state index contributed by atoms with van der Waals surface area (Å²) in [5.41, 5.74) is 2.07. The van der Waals surface area contributed by atoms with E-state index in [1.807, 2.05) is 0 Å². The average Bonchev–Trinajstić information content (AvgIpc) is 2.74. The quantitative estimate of drug-likeness (QED) is 0.520. The largest absolute Gasteiger partial charge is 3.00 e. The van der Waals surface area contributed by atoms with Crippen molar-refractivity contribution in [3.05, 3.63) is 23.8 Å². The van der Waals surface area contributed by atoms with Crippen LogP contribution in [0.2, 0.25) is 0 Å². The molecular weight excluding hydrogens is 330 g/mol. The van der Waals surface area contributed by atoms with E-state index in [4.69, 9.17) is 0 Å². The average molecular weight is 351 g/mol. The molecule has 2 rings (SSSR count). The Morgan fingerprint density at radius 1 is 1.24 bits per heavy atom. The summed E-state index contributed by atoms with van der Waals surface area (Å²) in [5, 5.41) is 0. The monoisotopic (exact) mass is 349 g/mol. The molecule has 3 heteroatoms. The zero-order chi connectivity index (χ0) is 10.2. The SMILES string of the molecule is CCC1(C2(C)[C-]=C(C)C=C2)CCCC1.[Cl-].[Cl-].[Zr+3]. The second kappa shape index (κ2) is 7.51. The fourth-order valence-corrected chi connectivity index (χ4v) is 3.39. The van der Waals surface area contributed by atoms with Gasteiger partial charge in [-0.1, -0.05) is 45.4 Å². The van der Waals surface area contributed by atoms with Crippen LogP contribution in [0, 0.1) is 16.9 Å². The molecule has 0 nitrogen and oxygen atoms in total. The first-order chi connectivity index (χ1) is 6.62. The van der Waals surface area contributed by atoms with Crippen molar-refractivity contribution in [3.63, 3.8) is 0 Å². The number of allylic oxidation sites excluding steroid dienone is 4. The molecule has 1 radical (unpaired) electrons. The first kappa shape index (κ1) is 20.3. The van der Waals surface area contributed by atoms with E-state index in [0.717, 1.165) is 0 Å². The van der Waals surface area contributed by atoms with Crippen LogP contribution in [0.25, 0.3) is 0 Å². The molecular formula is C14H21Cl2Zr. The van der Waals surface area contributed by atoms with E-state index >= 15 is 0 Å². The van der Waals surface area contributed by atoms with Crippen LogP contribution in [0.1, 0.15) is 52.9 Å². The minimum absolute atomic E-state index is 0. The predicted octanol–water partition coefficient (Wildman–Crippen LogP) is -1.71. The maximum atomic E-state index is 3.67. The van der Waals surface area contributed by atoms with Gasteiger partial charge in [0.05, 0.1) is 0 Å². The van der Waals surface area contributed by atoms with Crippen molar-refractivity contribution in [2.75, 3.05) is 0 Å². The number of hydrogen-bond acceptors (Lipinski definition) is 0. The molecule has 0 N–H and O–H groups in total. The first-order valence-corrected chi connectivity index (χ1v) is 5.93. The third-order valence-electron chi connectivity index (χ3n) is 4.46. The molecule has 1 fully saturated rings. The Balaban J connectivity index is 0. The Labute approximate surface area is 138 Å². The molecule has 0 bridgehead atoms. The Morgan fingerprint density at radius 2 is 1.76 bits per heavy atom. The van der Waals surface area contributed by atoms with Crippen molar-refractivity contribution in [2.45, 2.75) is 52.9 Å². The molecule has 1 unspecified atom stereocenters. The molecule has 95 valence electrons. The Kier molecular flexibility index (Phi) is 8.96. The molecule has 0 saturated heterocycles. The van der Waals surface area contributed by atoms with E-state index in [2.05, 4.69) is 39.0 Å². The van der Waals surface area contributed by atoms with Crippen molar-refractivity contribution >= 4 is 0 Å². The van der Waals surface area contributed by atoms with Crippen LogP contribution in [-0.4, -0.2) is 0 Å². The van der Waals surface area contributed by atoms with Gasteiger partial charge in [0.25, 0.3) is 0 Å². The maximum Gasteiger partial charge on any atom is 3.00 e. The fourth-order valence-electron chi connectivity index (χ4n) is 3.39. The minimum Gasteiger partial charge on any atom is -1.00 e. The molecule has 0 heterocycles. The van der Waals surface area contributed by atoms with Gasteiger partial charge in [-0.3, -0.25) is 6.08 Å². The van der Waals surface area contributed by atoms with Crippen LogP contribution in [0.5, 0.6) is 0 Å². The van der Waals surface area contributed by atoms with Crippen molar-refractivity contribution in [1.29, 1.82) is 0 Å². The van der Waals surface area contributed by atoms with Crippen LogP contribution in [0.15, 0.2) is 17.7 Å². The first-order valence-electron chi connectivity index (χ1n) is 5.93. The predicted molar refractivity (Wildman–Crippen MR) is 60.9 cm³/mol. The van der Waals surface area contributed by atoms with Crippen LogP contribution >= 0.6 is 0 Å². The smallest absolute Gasteiger partial charge is 1.00 e. The van der Waals surface area contributed by atoms with E-state index in [1.54, 1.807) is 0 Å². The summed E-state index contributed by atoms with van der Waals surface area (Å²) in [6.07, 6.45) is 15.2. The van der Waals surface area contributed by atoms with Crippen molar-refractivity contribution in [3.8, 4) is 0 Å². The zero-order valence-electron chi connectivity index (χ0n) is 10.9. The van der Waals surface area contributed by atoms with E-state index in [0.29, 0.717) is 5.41 Å². The second-order valence-electron chi connectivity index (χ2n) is 5.18. The standard InChI is InChI=1S/C14H21.2ClH.Zr/c1-4-14(8-5-6-9-14)13(3)10-7-12(2)11-13;;;/h7,10H,4-6,8-9H2,1-3H3;2*1H;/q-1;;;+3/p-2. The van der Waals surface area contributed by atoms with Crippen LogP contribution in [0.3, 0.4) is 0 Å². The molecule has 0 amide bonds. The Bertz CT molecular complexity index is 291. The molecule has 2 aliphatic rings. The molecule has 2 aliphatic carbocycles. The second-order valence-corrected chi connectivity index (χ2v) is 5.18. The van der Waals surface area contributed by atoms with Gasteiger partial charge in [-0.25, -0.2) is 11.6 Å². The summed E-state index contributed by atoms with van der Waals surface area (Å²) < 4.78 is 0. The molecule has 1 saturated carbocycles. The van der Waals surface area contributed by atoms with Crippen LogP contribution in [-0.2, 0) is 26.2 Å². The van der Waals surface area contributed by atoms with Crippen LogP contribution < -0.4 is 24.8 Å². The number of halogens is 2. The molecule has 0 aromatic rings. The Hall–Kier alpha value is 0.943. The summed E-state index contributed by atoms with van der Waals surface area (Å²) in [6, 6.07) is 0. The minimum atomic E-state index is 0. The van der Waals surface area contributed by atoms with Gasteiger partial charge in [-0.15, -0.1) is 0 Å². The third-order valence-corrected chi connectivity index (χ3v) is 4.46. The van der Waals surface area contributed by atoms with Crippen molar-refractivity contribution < 1.29 is 51.0 Å². The van der Waals surface area contributed by atoms with E-state index < -0.39 is 0 Å². The van der Waals surface area contributed by atoms with Crippen molar-refractivity contribution in [2.24, 2.45) is 10.8 Å². The van der Waals surface area contributed by atoms with E-state index in [1.165, 1.54) is 37.7 Å². The normalized spacial score (nSPS) is 28.8. The third kappa shape index (κ3) is 3.49. The molecule has 0 aliphatic heterocycles. The zero-order valence-corrected chi connectivity index (χ0v) is 14.9. The molecule has 17 heavy (non-hydrogen) atoms. The van der Waals surface area contributed by atoms with Crippen LogP contribution in [0.4, 0.5) is 0 Å². The molecule has 0 aromatic heterocycles. The van der Waals surface area contributed by atoms with Gasteiger partial charge in [0.1, 0.15) is 0 Å². The number of rotatable bonds is 2. The summed E-state index contributed by atoms with van der Waals surface area (Å²) in [6.45, 7) is 6.88. The molecule has 0 aromatic carbocycles. The summed E-state index contributed by atoms with van der Waals surface area (Å²) in [7, 11) is 0. The van der Waals surface area contributed by atoms with Gasteiger partial charge in [0.2, 0.25) is 0 Å². The van der Waals surface area contributed by atoms with Gasteiger partial charge in [0.15, 0.2) is 0 Å². The number of hydrogen-bond donors (Lipinski definition) is 0. The summed E-state index contributed by atoms with van der Waals surface area (Å²) >= 11 is 0. The van der Waals surface area contributed by atoms with Crippen molar-refractivity contribution in [1.82, 2.24) is 0 Å². The molecule has 1 atom stereocenters. The topological polar surface area (TPSA) is 0 Å². The maximum absolute atomic E-state index is 3.67. The van der Waals surface area contributed by atoms with Gasteiger partial charge in [-0.2, -0.15) is 6.08 Å². The van der Waals surface area contributed by atoms with Gasteiger partial charge in [-0.05, 0) is 18.3 Å². The summed E-state index contributed by atoms with van der Waals surface area (Å²) in [5.74, 6) is 0. The van der Waals surface area contributed by atoms with Gasteiger partial charge < -0.3 is 24.8 Å². The van der Waals surface area contributed by atoms with Gasteiger partial charge in [0, 0.05) is 0 Å².